The van der Waals surface area contributed by atoms with E-state index in [1.807, 2.05) is 41.5 Å². The number of unbranched alkanes of at least 4 members (excludes halogenated alkanes) is 5. The van der Waals surface area contributed by atoms with Gasteiger partial charge in [0.2, 0.25) is 0 Å². The number of hydroxylamine groups is 6. The summed E-state index contributed by atoms with van der Waals surface area (Å²) in [5.74, 6) is -2.37. The summed E-state index contributed by atoms with van der Waals surface area (Å²) in [7, 11) is 2.17. The van der Waals surface area contributed by atoms with Crippen LogP contribution in [0.4, 0.5) is 0 Å². The minimum Gasteiger partial charge on any atom is -0.465 e. The van der Waals surface area contributed by atoms with Crippen LogP contribution in [0.25, 0.3) is 0 Å². The second-order valence-corrected chi connectivity index (χ2v) is 31.9. The van der Waals surface area contributed by atoms with Gasteiger partial charge in [0.25, 0.3) is 0 Å². The Morgan fingerprint density at radius 1 is 0.364 bits per heavy atom. The first-order valence-corrected chi connectivity index (χ1v) is 34.2. The van der Waals surface area contributed by atoms with E-state index in [1.165, 1.54) is 5.06 Å². The molecule has 0 aliphatic carbocycles. The standard InChI is InChI=1S/C69H128N4O15/c1-20-22-32-68(56(74)85-40-28-36-81-52-44-60(3,4)70(19)61(5,6)45-52,57(75)86-41-29-37-82-53-46-62(7,8)71(78)63(9,10)47-53)34-26-24-25-27-35-69(33-23-21-2,58(76)87-42-30-38-83-54-48-64(11,12)72(79)65(13,14)49-54)59(77)88-43-31-39-84-55-50-66(15,16)73(80)67(17,18)51-55/h52-55,78-80H,20-51H2,1-19H3/p+2. The van der Waals surface area contributed by atoms with Crippen LogP contribution in [0.15, 0.2) is 0 Å². The number of piperidine rings is 4. The molecule has 19 nitrogen and oxygen atoms in total. The third-order valence-electron chi connectivity index (χ3n) is 20.1. The Bertz CT molecular complexity index is 1810. The summed E-state index contributed by atoms with van der Waals surface area (Å²) in [4.78, 5) is 60.9. The molecule has 2 atom stereocenters. The summed E-state index contributed by atoms with van der Waals surface area (Å²) >= 11 is 0. The van der Waals surface area contributed by atoms with Crippen molar-refractivity contribution >= 4 is 23.9 Å². The van der Waals surface area contributed by atoms with Crippen LogP contribution in [-0.4, -0.2) is 188 Å². The minimum absolute atomic E-state index is 0.0322. The van der Waals surface area contributed by atoms with Crippen molar-refractivity contribution in [3.63, 3.8) is 0 Å². The summed E-state index contributed by atoms with van der Waals surface area (Å²) in [6, 6.07) is 0. The largest absolute Gasteiger partial charge is 0.465 e. The Kier molecular flexibility index (Phi) is 29.2. The fraction of sp³-hybridized carbons (Fsp3) is 0.942. The third-order valence-corrected chi connectivity index (χ3v) is 20.1. The predicted molar refractivity (Wildman–Crippen MR) is 345 cm³/mol. The highest BCUT2D eigenvalue weighted by Gasteiger charge is 2.53. The van der Waals surface area contributed by atoms with Gasteiger partial charge in [0.1, 0.15) is 0 Å². The number of hydrogen-bond acceptors (Lipinski definition) is 17. The second kappa shape index (κ2) is 33.0. The van der Waals surface area contributed by atoms with E-state index >= 15 is 0 Å². The minimum atomic E-state index is -1.55. The molecule has 0 aromatic carbocycles. The first-order valence-electron chi connectivity index (χ1n) is 34.2. The summed E-state index contributed by atoms with van der Waals surface area (Å²) in [6.45, 7) is 39.3. The molecule has 5 N–H and O–H groups in total. The van der Waals surface area contributed by atoms with Gasteiger partial charge in [-0.3, -0.25) is 24.1 Å². The highest BCUT2D eigenvalue weighted by Crippen LogP contribution is 2.43. The molecule has 0 aromatic heterocycles. The second-order valence-electron chi connectivity index (χ2n) is 31.9. The van der Waals surface area contributed by atoms with Crippen molar-refractivity contribution in [1.29, 1.82) is 0 Å². The van der Waals surface area contributed by atoms with E-state index in [0.29, 0.717) is 129 Å². The van der Waals surface area contributed by atoms with Crippen LogP contribution in [0.1, 0.15) is 279 Å². The molecular weight excluding hydrogens is 1120 g/mol. The molecule has 0 radical (unpaired) electrons. The first-order chi connectivity index (χ1) is 40.8. The van der Waals surface area contributed by atoms with E-state index in [1.54, 1.807) is 10.1 Å². The van der Waals surface area contributed by atoms with Crippen molar-refractivity contribution in [2.75, 3.05) is 59.9 Å². The number of carbonyl (C=O) groups is 4. The Balaban J connectivity index is 1.46. The Morgan fingerprint density at radius 2 is 0.591 bits per heavy atom. The molecule has 19 heteroatoms. The highest BCUT2D eigenvalue weighted by molar-refractivity contribution is 6.00. The van der Waals surface area contributed by atoms with Crippen LogP contribution in [-0.2, 0) is 57.1 Å². The number of rotatable bonds is 37. The fourth-order valence-electron chi connectivity index (χ4n) is 15.2. The molecule has 2 unspecified atom stereocenters. The topological polar surface area (TPSA) is 221 Å². The van der Waals surface area contributed by atoms with E-state index in [-0.39, 0.29) is 110 Å². The average Bonchev–Trinajstić information content (AvgIpc) is 1.28. The van der Waals surface area contributed by atoms with E-state index in [2.05, 4.69) is 95.0 Å². The van der Waals surface area contributed by atoms with Crippen LogP contribution >= 0.6 is 0 Å². The van der Waals surface area contributed by atoms with E-state index in [4.69, 9.17) is 48.3 Å². The molecule has 514 valence electrons. The molecule has 0 bridgehead atoms. The van der Waals surface area contributed by atoms with Crippen molar-refractivity contribution in [2.24, 2.45) is 10.8 Å². The lowest BCUT2D eigenvalue weighted by Gasteiger charge is -2.53. The molecule has 4 aliphatic rings. The third kappa shape index (κ3) is 21.5. The van der Waals surface area contributed by atoms with E-state index < -0.39 is 45.8 Å². The first kappa shape index (κ1) is 77.9. The van der Waals surface area contributed by atoms with Gasteiger partial charge in [0, 0.05) is 47.8 Å². The molecule has 0 spiro atoms. The maximum atomic E-state index is 14.6. The monoisotopic (exact) mass is 1250 g/mol. The number of nitrogens with zero attached hydrogens (tertiary/aromatic N) is 4. The van der Waals surface area contributed by atoms with Crippen molar-refractivity contribution in [2.45, 2.75) is 347 Å². The van der Waals surface area contributed by atoms with Crippen LogP contribution in [0.3, 0.4) is 0 Å². The SMILES string of the molecule is CCCCC(CCCCCCC(CCCC)(C(=O)OCCCOC1CC(C)(C)N(O)C(C)(C)C1)C(=O)OCCCOC1CC(C)(C)N([OH2+])C(C)(C)C1)(C(=O)OCCCOC1CC(C)(C)N(C)C(C)(C)C1)C(=O)OCCCOC1CC(C)(C)N([OH2+])C(C)(C)C1. The number of esters is 4. The van der Waals surface area contributed by atoms with Crippen molar-refractivity contribution in [3.8, 4) is 0 Å². The average molecular weight is 1260 g/mol. The molecule has 4 fully saturated rings. The quantitative estimate of drug-likeness (QED) is 0.0201. The lowest BCUT2D eigenvalue weighted by Crippen LogP contribution is -2.60. The van der Waals surface area contributed by atoms with Gasteiger partial charge in [0.15, 0.2) is 10.8 Å². The Labute approximate surface area is 532 Å². The molecule has 0 saturated carbocycles. The van der Waals surface area contributed by atoms with Gasteiger partial charge in [-0.25, -0.2) is 0 Å². The molecule has 0 aromatic rings. The van der Waals surface area contributed by atoms with Gasteiger partial charge < -0.3 is 53.5 Å². The van der Waals surface area contributed by atoms with E-state index in [0.717, 1.165) is 25.7 Å². The molecule has 4 heterocycles. The molecule has 4 aliphatic heterocycles. The zero-order chi connectivity index (χ0) is 66.2. The van der Waals surface area contributed by atoms with Crippen molar-refractivity contribution in [3.05, 3.63) is 0 Å². The van der Waals surface area contributed by atoms with Gasteiger partial charge in [0.05, 0.1) is 99.4 Å². The maximum Gasteiger partial charge on any atom is 0.323 e. The number of carbonyl (C=O) groups excluding carboxylic acids is 4. The predicted octanol–water partition coefficient (Wildman–Crippen LogP) is 11.9. The zero-order valence-electron chi connectivity index (χ0n) is 59.1. The smallest absolute Gasteiger partial charge is 0.323 e. The summed E-state index contributed by atoms with van der Waals surface area (Å²) < 4.78 is 49.6. The van der Waals surface area contributed by atoms with Gasteiger partial charge in [-0.1, -0.05) is 75.3 Å². The molecule has 4 rings (SSSR count). The van der Waals surface area contributed by atoms with E-state index in [9.17, 15) is 24.4 Å². The lowest BCUT2D eigenvalue weighted by atomic mass is 9.76. The zero-order valence-corrected chi connectivity index (χ0v) is 59.1. The molecule has 4 saturated heterocycles. The van der Waals surface area contributed by atoms with Crippen molar-refractivity contribution in [1.82, 2.24) is 20.1 Å². The van der Waals surface area contributed by atoms with Crippen LogP contribution < -0.4 is 0 Å². The number of ether oxygens (including phenoxy) is 8. The van der Waals surface area contributed by atoms with Gasteiger partial charge >= 0.3 is 23.9 Å². The van der Waals surface area contributed by atoms with Crippen LogP contribution in [0.5, 0.6) is 0 Å². The maximum absolute atomic E-state index is 14.6. The molecule has 88 heavy (non-hydrogen) atoms. The summed E-state index contributed by atoms with van der Waals surface area (Å²) in [6.07, 6.45) is 13.5. The summed E-state index contributed by atoms with van der Waals surface area (Å²) in [5.41, 5.74) is -5.53. The normalized spacial score (nSPS) is 23.8. The molecular formula is C69H130N4O15+2. The number of hydrogen-bond donors (Lipinski definition) is 1. The highest BCUT2D eigenvalue weighted by atomic mass is 16.6. The fourth-order valence-corrected chi connectivity index (χ4v) is 15.2. The van der Waals surface area contributed by atoms with Gasteiger partial charge in [-0.05, 0) is 195 Å². The van der Waals surface area contributed by atoms with Gasteiger partial charge in [-0.15, -0.1) is 0 Å². The van der Waals surface area contributed by atoms with Crippen molar-refractivity contribution < 1.29 is 72.7 Å². The number of likely N-dealkylation sites (tertiary alicyclic amines) is 1. The Hall–Kier alpha value is -2.56. The van der Waals surface area contributed by atoms with Crippen LogP contribution in [0, 0.1) is 10.8 Å². The van der Waals surface area contributed by atoms with Crippen LogP contribution in [0.2, 0.25) is 0 Å². The summed E-state index contributed by atoms with van der Waals surface area (Å²) in [5, 5.41) is 32.9. The lowest BCUT2D eigenvalue weighted by molar-refractivity contribution is -0.261. The Morgan fingerprint density at radius 3 is 0.841 bits per heavy atom. The van der Waals surface area contributed by atoms with Gasteiger partial charge in [-0.2, -0.15) is 5.06 Å². The molecule has 0 amide bonds.